The third-order valence-corrected chi connectivity index (χ3v) is 4.16. The van der Waals surface area contributed by atoms with Gasteiger partial charge in [-0.2, -0.15) is 5.10 Å². The SMILES string of the molecule is CN=C(NCCCn1nc(C)cc1C)NCCN(C(C)C)C(C)C.I. The largest absolute Gasteiger partial charge is 0.356 e. The Kier molecular flexibility index (Phi) is 12.1. The van der Waals surface area contributed by atoms with Crippen LogP contribution in [0.3, 0.4) is 0 Å². The number of aromatic nitrogens is 2. The molecular formula is C18H37IN6. The van der Waals surface area contributed by atoms with Gasteiger partial charge >= 0.3 is 0 Å². The smallest absolute Gasteiger partial charge is 0.191 e. The summed E-state index contributed by atoms with van der Waals surface area (Å²) in [5.41, 5.74) is 2.30. The van der Waals surface area contributed by atoms with Gasteiger partial charge in [0.15, 0.2) is 5.96 Å². The number of aliphatic imine (C=N–C) groups is 1. The molecule has 0 fully saturated rings. The van der Waals surface area contributed by atoms with Gasteiger partial charge in [0, 0.05) is 51.0 Å². The molecule has 0 radical (unpaired) electrons. The molecule has 0 spiro atoms. The Morgan fingerprint density at radius 1 is 1.16 bits per heavy atom. The van der Waals surface area contributed by atoms with E-state index in [9.17, 15) is 0 Å². The molecular weight excluding hydrogens is 427 g/mol. The fourth-order valence-corrected chi connectivity index (χ4v) is 2.97. The lowest BCUT2D eigenvalue weighted by Crippen LogP contribution is -2.45. The molecule has 146 valence electrons. The lowest BCUT2D eigenvalue weighted by Gasteiger charge is -2.30. The third kappa shape index (κ3) is 8.89. The Morgan fingerprint density at radius 2 is 1.76 bits per heavy atom. The van der Waals surface area contributed by atoms with Crippen LogP contribution in [0.4, 0.5) is 0 Å². The molecule has 2 N–H and O–H groups in total. The fraction of sp³-hybridized carbons (Fsp3) is 0.778. The molecule has 6 nitrogen and oxygen atoms in total. The quantitative estimate of drug-likeness (QED) is 0.256. The first-order valence-corrected chi connectivity index (χ1v) is 9.06. The second-order valence-corrected chi connectivity index (χ2v) is 6.85. The van der Waals surface area contributed by atoms with Crippen molar-refractivity contribution in [1.29, 1.82) is 0 Å². The average molecular weight is 464 g/mol. The van der Waals surface area contributed by atoms with Crippen LogP contribution in [-0.4, -0.2) is 59.4 Å². The molecule has 1 aromatic heterocycles. The van der Waals surface area contributed by atoms with Gasteiger partial charge in [-0.3, -0.25) is 14.6 Å². The number of nitrogens with one attached hydrogen (secondary N) is 2. The molecule has 0 unspecified atom stereocenters. The van der Waals surface area contributed by atoms with E-state index in [1.165, 1.54) is 5.69 Å². The van der Waals surface area contributed by atoms with E-state index in [-0.39, 0.29) is 24.0 Å². The minimum Gasteiger partial charge on any atom is -0.356 e. The van der Waals surface area contributed by atoms with Gasteiger partial charge in [0.1, 0.15) is 0 Å². The van der Waals surface area contributed by atoms with Crippen molar-refractivity contribution in [3.8, 4) is 0 Å². The van der Waals surface area contributed by atoms with Gasteiger partial charge in [0.25, 0.3) is 0 Å². The number of nitrogens with zero attached hydrogens (tertiary/aromatic N) is 4. The van der Waals surface area contributed by atoms with Gasteiger partial charge in [-0.25, -0.2) is 0 Å². The number of aryl methyl sites for hydroxylation is 3. The molecule has 0 aliphatic carbocycles. The first-order valence-electron chi connectivity index (χ1n) is 9.06. The third-order valence-electron chi connectivity index (χ3n) is 4.16. The molecule has 0 aliphatic heterocycles. The molecule has 1 rings (SSSR count). The Labute approximate surface area is 170 Å². The van der Waals surface area contributed by atoms with E-state index in [2.05, 4.69) is 71.0 Å². The van der Waals surface area contributed by atoms with Crippen molar-refractivity contribution >= 4 is 29.9 Å². The summed E-state index contributed by atoms with van der Waals surface area (Å²) < 4.78 is 2.07. The molecule has 25 heavy (non-hydrogen) atoms. The Hall–Kier alpha value is -0.830. The minimum absolute atomic E-state index is 0. The predicted molar refractivity (Wildman–Crippen MR) is 118 cm³/mol. The maximum atomic E-state index is 4.49. The predicted octanol–water partition coefficient (Wildman–Crippen LogP) is 2.79. The number of hydrogen-bond donors (Lipinski definition) is 2. The maximum absolute atomic E-state index is 4.49. The van der Waals surface area contributed by atoms with Crippen molar-refractivity contribution in [2.24, 2.45) is 4.99 Å². The van der Waals surface area contributed by atoms with Gasteiger partial charge in [0.05, 0.1) is 5.69 Å². The lowest BCUT2D eigenvalue weighted by molar-refractivity contribution is 0.178. The highest BCUT2D eigenvalue weighted by Crippen LogP contribution is 2.03. The van der Waals surface area contributed by atoms with Crippen LogP contribution < -0.4 is 10.6 Å². The molecule has 7 heteroatoms. The van der Waals surface area contributed by atoms with E-state index in [1.54, 1.807) is 0 Å². The summed E-state index contributed by atoms with van der Waals surface area (Å²) in [6.45, 7) is 16.8. The van der Waals surface area contributed by atoms with Crippen molar-refractivity contribution in [3.63, 3.8) is 0 Å². The zero-order valence-electron chi connectivity index (χ0n) is 17.0. The number of rotatable bonds is 9. The molecule has 0 aliphatic rings. The van der Waals surface area contributed by atoms with Crippen LogP contribution >= 0.6 is 24.0 Å². The van der Waals surface area contributed by atoms with E-state index in [4.69, 9.17) is 0 Å². The topological polar surface area (TPSA) is 57.5 Å². The standard InChI is InChI=1S/C18H36N6.HI/c1-14(2)23(15(3)4)12-10-21-18(19-7)20-9-8-11-24-17(6)13-16(5)22-24;/h13-15H,8-12H2,1-7H3,(H2,19,20,21);1H. The summed E-state index contributed by atoms with van der Waals surface area (Å²) in [5, 5.41) is 11.3. The first kappa shape index (κ1) is 24.2. The molecule has 0 atom stereocenters. The van der Waals surface area contributed by atoms with E-state index < -0.39 is 0 Å². The molecule has 0 saturated heterocycles. The van der Waals surface area contributed by atoms with E-state index in [1.807, 2.05) is 14.0 Å². The molecule has 0 amide bonds. The van der Waals surface area contributed by atoms with Crippen molar-refractivity contribution in [1.82, 2.24) is 25.3 Å². The second-order valence-electron chi connectivity index (χ2n) is 6.85. The summed E-state index contributed by atoms with van der Waals surface area (Å²) >= 11 is 0. The van der Waals surface area contributed by atoms with Crippen LogP contribution in [0.15, 0.2) is 11.1 Å². The summed E-state index contributed by atoms with van der Waals surface area (Å²) in [7, 11) is 1.82. The normalized spacial score (nSPS) is 12.0. The molecule has 0 saturated carbocycles. The van der Waals surface area contributed by atoms with Gasteiger partial charge in [-0.1, -0.05) is 0 Å². The monoisotopic (exact) mass is 464 g/mol. The summed E-state index contributed by atoms with van der Waals surface area (Å²) in [5.74, 6) is 0.871. The molecule has 0 bridgehead atoms. The van der Waals surface area contributed by atoms with Gasteiger partial charge in [0.2, 0.25) is 0 Å². The van der Waals surface area contributed by atoms with Crippen molar-refractivity contribution < 1.29 is 0 Å². The molecule has 1 aromatic rings. The number of hydrogen-bond acceptors (Lipinski definition) is 3. The zero-order chi connectivity index (χ0) is 18.1. The fourth-order valence-electron chi connectivity index (χ4n) is 2.97. The summed E-state index contributed by atoms with van der Waals surface area (Å²) in [4.78, 5) is 6.77. The van der Waals surface area contributed by atoms with Crippen LogP contribution in [-0.2, 0) is 6.54 Å². The Morgan fingerprint density at radius 3 is 2.24 bits per heavy atom. The van der Waals surface area contributed by atoms with Crippen molar-refractivity contribution in [3.05, 3.63) is 17.5 Å². The highest BCUT2D eigenvalue weighted by Gasteiger charge is 2.12. The zero-order valence-corrected chi connectivity index (χ0v) is 19.3. The highest BCUT2D eigenvalue weighted by molar-refractivity contribution is 14.0. The summed E-state index contributed by atoms with van der Waals surface area (Å²) in [6.07, 6.45) is 1.02. The van der Waals surface area contributed by atoms with Crippen molar-refractivity contribution in [2.75, 3.05) is 26.7 Å². The van der Waals surface area contributed by atoms with Gasteiger partial charge in [-0.15, -0.1) is 24.0 Å². The van der Waals surface area contributed by atoms with E-state index in [0.29, 0.717) is 12.1 Å². The first-order chi connectivity index (χ1) is 11.3. The van der Waals surface area contributed by atoms with Crippen LogP contribution in [0.1, 0.15) is 45.5 Å². The second kappa shape index (κ2) is 12.5. The minimum atomic E-state index is 0. The van der Waals surface area contributed by atoms with Crippen molar-refractivity contribution in [2.45, 2.75) is 66.6 Å². The maximum Gasteiger partial charge on any atom is 0.191 e. The van der Waals surface area contributed by atoms with Gasteiger partial charge < -0.3 is 10.6 Å². The lowest BCUT2D eigenvalue weighted by atomic mass is 10.2. The van der Waals surface area contributed by atoms with Gasteiger partial charge in [-0.05, 0) is 54.0 Å². The Bertz CT molecular complexity index is 502. The van der Waals surface area contributed by atoms with E-state index >= 15 is 0 Å². The van der Waals surface area contributed by atoms with Crippen LogP contribution in [0.5, 0.6) is 0 Å². The average Bonchev–Trinajstić information content (AvgIpc) is 2.82. The number of guanidine groups is 1. The van der Waals surface area contributed by atoms with Crippen LogP contribution in [0, 0.1) is 13.8 Å². The summed E-state index contributed by atoms with van der Waals surface area (Å²) in [6, 6.07) is 3.23. The Balaban J connectivity index is 0.00000576. The molecule has 1 heterocycles. The highest BCUT2D eigenvalue weighted by atomic mass is 127. The van der Waals surface area contributed by atoms with Crippen LogP contribution in [0.25, 0.3) is 0 Å². The van der Waals surface area contributed by atoms with E-state index in [0.717, 1.165) is 44.3 Å². The number of halogens is 1. The van der Waals surface area contributed by atoms with Crippen LogP contribution in [0.2, 0.25) is 0 Å². The molecule has 0 aromatic carbocycles.